The number of hydrogen-bond acceptors (Lipinski definition) is 5. The molecule has 0 saturated carbocycles. The lowest BCUT2D eigenvalue weighted by Gasteiger charge is -2.22. The average Bonchev–Trinajstić information content (AvgIpc) is 2.53. The van der Waals surface area contributed by atoms with Crippen LogP contribution in [-0.2, 0) is 14.3 Å². The van der Waals surface area contributed by atoms with Crippen LogP contribution in [0.1, 0.15) is 32.4 Å². The fraction of sp³-hybridized carbons (Fsp3) is 0.562. The highest BCUT2D eigenvalue weighted by Gasteiger charge is 2.23. The van der Waals surface area contributed by atoms with Crippen LogP contribution in [0.4, 0.5) is 0 Å². The van der Waals surface area contributed by atoms with Crippen LogP contribution in [-0.4, -0.2) is 39.6 Å². The third-order valence-corrected chi connectivity index (χ3v) is 3.11. The van der Waals surface area contributed by atoms with E-state index in [1.807, 2.05) is 32.9 Å². The van der Waals surface area contributed by atoms with Gasteiger partial charge in [-0.25, -0.2) is 0 Å². The number of rotatable bonds is 9. The van der Waals surface area contributed by atoms with Gasteiger partial charge in [-0.1, -0.05) is 12.1 Å². The van der Waals surface area contributed by atoms with Gasteiger partial charge >= 0.3 is 0 Å². The minimum absolute atomic E-state index is 0.277. The summed E-state index contributed by atoms with van der Waals surface area (Å²) in [4.78, 5) is 12.2. The van der Waals surface area contributed by atoms with Crippen molar-refractivity contribution in [3.63, 3.8) is 0 Å². The van der Waals surface area contributed by atoms with Crippen molar-refractivity contribution < 1.29 is 23.7 Å². The number of ether oxygens (including phenoxy) is 4. The fourth-order valence-electron chi connectivity index (χ4n) is 2.11. The Kier molecular flexibility index (Phi) is 7.70. The Morgan fingerprint density at radius 3 is 2.27 bits per heavy atom. The van der Waals surface area contributed by atoms with Crippen molar-refractivity contribution in [1.29, 1.82) is 0 Å². The summed E-state index contributed by atoms with van der Waals surface area (Å²) < 4.78 is 21.2. The molecule has 0 radical (unpaired) electrons. The van der Waals surface area contributed by atoms with Gasteiger partial charge in [0.25, 0.3) is 5.91 Å². The first-order chi connectivity index (χ1) is 10.6. The number of nitrogens with one attached hydrogen (secondary N) is 1. The van der Waals surface area contributed by atoms with E-state index in [9.17, 15) is 4.79 Å². The zero-order valence-electron chi connectivity index (χ0n) is 13.8. The second-order valence-electron chi connectivity index (χ2n) is 4.56. The van der Waals surface area contributed by atoms with Crippen LogP contribution in [0.3, 0.4) is 0 Å². The van der Waals surface area contributed by atoms with Crippen LogP contribution < -0.4 is 14.8 Å². The normalized spacial score (nSPS) is 12.1. The summed E-state index contributed by atoms with van der Waals surface area (Å²) in [5.74, 6) is 0.899. The summed E-state index contributed by atoms with van der Waals surface area (Å²) in [5, 5.41) is 2.87. The van der Waals surface area contributed by atoms with Gasteiger partial charge in [-0.05, 0) is 26.8 Å². The van der Waals surface area contributed by atoms with Crippen molar-refractivity contribution in [3.05, 3.63) is 23.8 Å². The lowest BCUT2D eigenvalue weighted by Crippen LogP contribution is -2.39. The number of hydrogen-bond donors (Lipinski definition) is 1. The van der Waals surface area contributed by atoms with Gasteiger partial charge in [0.1, 0.15) is 0 Å². The second-order valence-corrected chi connectivity index (χ2v) is 4.56. The minimum Gasteiger partial charge on any atom is -0.493 e. The molecule has 1 aromatic carbocycles. The Morgan fingerprint density at radius 2 is 1.77 bits per heavy atom. The fourth-order valence-corrected chi connectivity index (χ4v) is 2.11. The molecule has 1 N–H and O–H groups in total. The van der Waals surface area contributed by atoms with Crippen molar-refractivity contribution in [2.75, 3.05) is 27.4 Å². The van der Waals surface area contributed by atoms with Crippen LogP contribution >= 0.6 is 0 Å². The van der Waals surface area contributed by atoms with Crippen molar-refractivity contribution in [3.8, 4) is 11.5 Å². The smallest absolute Gasteiger partial charge is 0.277 e. The molecule has 0 aliphatic carbocycles. The van der Waals surface area contributed by atoms with Gasteiger partial charge in [0.15, 0.2) is 11.5 Å². The van der Waals surface area contributed by atoms with Gasteiger partial charge in [-0.2, -0.15) is 0 Å². The predicted molar refractivity (Wildman–Crippen MR) is 83.1 cm³/mol. The van der Waals surface area contributed by atoms with E-state index in [1.165, 1.54) is 0 Å². The monoisotopic (exact) mass is 311 g/mol. The highest BCUT2D eigenvalue weighted by molar-refractivity contribution is 5.80. The van der Waals surface area contributed by atoms with Crippen LogP contribution in [0.15, 0.2) is 18.2 Å². The summed E-state index contributed by atoms with van der Waals surface area (Å²) >= 11 is 0. The highest BCUT2D eigenvalue weighted by Crippen LogP contribution is 2.34. The molecular weight excluding hydrogens is 286 g/mol. The lowest BCUT2D eigenvalue weighted by molar-refractivity contribution is -0.170. The van der Waals surface area contributed by atoms with Gasteiger partial charge in [-0.15, -0.1) is 0 Å². The van der Waals surface area contributed by atoms with Gasteiger partial charge in [-0.3, -0.25) is 4.79 Å². The largest absolute Gasteiger partial charge is 0.493 e. The van der Waals surface area contributed by atoms with E-state index in [0.717, 1.165) is 5.56 Å². The van der Waals surface area contributed by atoms with Gasteiger partial charge in [0, 0.05) is 18.8 Å². The molecule has 124 valence electrons. The van der Waals surface area contributed by atoms with Crippen molar-refractivity contribution in [2.24, 2.45) is 0 Å². The van der Waals surface area contributed by atoms with E-state index in [0.29, 0.717) is 24.7 Å². The van der Waals surface area contributed by atoms with Crippen molar-refractivity contribution in [2.45, 2.75) is 33.1 Å². The topological polar surface area (TPSA) is 66.0 Å². The number of benzene rings is 1. The average molecular weight is 311 g/mol. The molecule has 6 heteroatoms. The zero-order valence-corrected chi connectivity index (χ0v) is 13.8. The number of amides is 1. The Hall–Kier alpha value is -1.79. The first-order valence-corrected chi connectivity index (χ1v) is 7.33. The number of para-hydroxylation sites is 1. The van der Waals surface area contributed by atoms with Gasteiger partial charge < -0.3 is 24.3 Å². The SMILES string of the molecule is CCOC(OCC)C(=O)NC(C)c1cccc(OC)c1OC. The molecule has 0 bridgehead atoms. The zero-order chi connectivity index (χ0) is 16.5. The van der Waals surface area contributed by atoms with Crippen LogP contribution in [0.5, 0.6) is 11.5 Å². The van der Waals surface area contributed by atoms with Crippen molar-refractivity contribution >= 4 is 5.91 Å². The Bertz CT molecular complexity index is 472. The van der Waals surface area contributed by atoms with Crippen LogP contribution in [0, 0.1) is 0 Å². The Balaban J connectivity index is 2.88. The van der Waals surface area contributed by atoms with E-state index in [4.69, 9.17) is 18.9 Å². The molecule has 1 atom stereocenters. The third-order valence-electron chi connectivity index (χ3n) is 3.11. The van der Waals surface area contributed by atoms with E-state index >= 15 is 0 Å². The van der Waals surface area contributed by atoms with Gasteiger partial charge in [0.05, 0.1) is 20.3 Å². The van der Waals surface area contributed by atoms with E-state index in [1.54, 1.807) is 20.3 Å². The molecule has 1 unspecified atom stereocenters. The summed E-state index contributed by atoms with van der Waals surface area (Å²) in [6.45, 7) is 6.29. The summed E-state index contributed by atoms with van der Waals surface area (Å²) in [7, 11) is 3.14. The Morgan fingerprint density at radius 1 is 1.14 bits per heavy atom. The third kappa shape index (κ3) is 4.61. The predicted octanol–water partition coefficient (Wildman–Crippen LogP) is 2.28. The second kappa shape index (κ2) is 9.27. The molecule has 0 heterocycles. The van der Waals surface area contributed by atoms with E-state index in [2.05, 4.69) is 5.32 Å². The molecule has 0 aliphatic heterocycles. The Labute approximate surface area is 131 Å². The number of carbonyl (C=O) groups excluding carboxylic acids is 1. The molecule has 22 heavy (non-hydrogen) atoms. The van der Waals surface area contributed by atoms with Crippen LogP contribution in [0.2, 0.25) is 0 Å². The minimum atomic E-state index is -0.908. The van der Waals surface area contributed by atoms with Crippen LogP contribution in [0.25, 0.3) is 0 Å². The summed E-state index contributed by atoms with van der Waals surface area (Å²) in [6.07, 6.45) is -0.908. The first-order valence-electron chi connectivity index (χ1n) is 7.33. The molecule has 0 spiro atoms. The summed E-state index contributed by atoms with van der Waals surface area (Å²) in [5.41, 5.74) is 0.821. The van der Waals surface area contributed by atoms with E-state index < -0.39 is 6.29 Å². The molecule has 0 aliphatic rings. The van der Waals surface area contributed by atoms with E-state index in [-0.39, 0.29) is 11.9 Å². The number of carbonyl (C=O) groups is 1. The molecule has 6 nitrogen and oxygen atoms in total. The number of methoxy groups -OCH3 is 2. The lowest BCUT2D eigenvalue weighted by atomic mass is 10.1. The maximum Gasteiger partial charge on any atom is 0.277 e. The summed E-state index contributed by atoms with van der Waals surface area (Å²) in [6, 6.07) is 5.26. The molecule has 0 fully saturated rings. The maximum absolute atomic E-state index is 12.2. The van der Waals surface area contributed by atoms with Gasteiger partial charge in [0.2, 0.25) is 6.29 Å². The molecule has 0 saturated heterocycles. The molecule has 0 aromatic heterocycles. The quantitative estimate of drug-likeness (QED) is 0.709. The highest BCUT2D eigenvalue weighted by atomic mass is 16.7. The van der Waals surface area contributed by atoms with Crippen molar-refractivity contribution in [1.82, 2.24) is 5.32 Å². The molecule has 1 aromatic rings. The molecule has 1 rings (SSSR count). The molecular formula is C16H25NO5. The molecule has 1 amide bonds. The first kappa shape index (κ1) is 18.3. The maximum atomic E-state index is 12.2. The standard InChI is InChI=1S/C16H25NO5/c1-6-21-16(22-7-2)15(18)17-11(3)12-9-8-10-13(19-4)14(12)20-5/h8-11,16H,6-7H2,1-5H3,(H,17,18).